The van der Waals surface area contributed by atoms with Gasteiger partial charge in [0.2, 0.25) is 0 Å². The van der Waals surface area contributed by atoms with E-state index < -0.39 is 0 Å². The van der Waals surface area contributed by atoms with Crippen LogP contribution in [0.4, 0.5) is 0 Å². The lowest BCUT2D eigenvalue weighted by Gasteiger charge is -2.22. The van der Waals surface area contributed by atoms with Gasteiger partial charge in [0.15, 0.2) is 23.3 Å². The summed E-state index contributed by atoms with van der Waals surface area (Å²) in [6.45, 7) is 4.67. The third kappa shape index (κ3) is 5.32. The zero-order valence-electron chi connectivity index (χ0n) is 32.1. The van der Waals surface area contributed by atoms with Crippen LogP contribution in [0, 0.1) is 0 Å². The Balaban J connectivity index is 1.07. The molecule has 0 amide bonds. The summed E-state index contributed by atoms with van der Waals surface area (Å²) in [5.74, 6) is 2.64. The summed E-state index contributed by atoms with van der Waals surface area (Å²) in [5.41, 5.74) is 12.1. The van der Waals surface area contributed by atoms with E-state index >= 15 is 0 Å². The third-order valence-electron chi connectivity index (χ3n) is 11.8. The van der Waals surface area contributed by atoms with Crippen LogP contribution in [0.2, 0.25) is 0 Å². The van der Waals surface area contributed by atoms with Crippen LogP contribution in [0.15, 0.2) is 164 Å². The number of aromatic nitrogens is 5. The molecule has 0 aliphatic heterocycles. The van der Waals surface area contributed by atoms with Crippen LogP contribution in [-0.2, 0) is 5.41 Å². The average Bonchev–Trinajstić information content (AvgIpc) is 3.94. The molecule has 0 atom stereocenters. The molecule has 0 N–H and O–H groups in total. The van der Waals surface area contributed by atoms with Crippen molar-refractivity contribution in [2.45, 2.75) is 19.3 Å². The first kappa shape index (κ1) is 34.1. The smallest absolute Gasteiger partial charge is 0.164 e. The number of fused-ring (bicyclic) bond motifs is 9. The van der Waals surface area contributed by atoms with Gasteiger partial charge in [0.1, 0.15) is 0 Å². The van der Waals surface area contributed by atoms with E-state index in [1.165, 1.54) is 27.0 Å². The topological polar surface area (TPSA) is 64.5 Å². The highest BCUT2D eigenvalue weighted by Crippen LogP contribution is 2.51. The molecule has 0 saturated carbocycles. The third-order valence-corrected chi connectivity index (χ3v) is 14.2. The van der Waals surface area contributed by atoms with Gasteiger partial charge in [0.05, 0.1) is 15.9 Å². The molecule has 7 heteroatoms. The molecule has 5 nitrogen and oxygen atoms in total. The Hall–Kier alpha value is -6.93. The molecule has 4 aromatic heterocycles. The van der Waals surface area contributed by atoms with Gasteiger partial charge >= 0.3 is 0 Å². The van der Waals surface area contributed by atoms with Crippen molar-refractivity contribution in [2.75, 3.05) is 0 Å². The maximum Gasteiger partial charge on any atom is 0.164 e. The van der Waals surface area contributed by atoms with Crippen molar-refractivity contribution in [3.63, 3.8) is 0 Å². The minimum atomic E-state index is -0.125. The van der Waals surface area contributed by atoms with Gasteiger partial charge in [-0.15, -0.1) is 22.7 Å². The van der Waals surface area contributed by atoms with E-state index in [0.29, 0.717) is 17.5 Å². The van der Waals surface area contributed by atoms with Gasteiger partial charge in [-0.3, -0.25) is 0 Å². The van der Waals surface area contributed by atoms with Crippen LogP contribution in [-0.4, -0.2) is 24.9 Å². The Morgan fingerprint density at radius 3 is 1.76 bits per heavy atom. The highest BCUT2D eigenvalue weighted by Gasteiger charge is 2.35. The SMILES string of the molecule is CC1(C)c2ccccc2-c2ccc(-c3nc(-c4cccc5c4sc4cccc(-c6nc(-c7ccccc7)nc(-c7ccccc7)n6)c45)nc4c3sc3ccccc34)cc21. The van der Waals surface area contributed by atoms with Crippen molar-refractivity contribution in [3.8, 4) is 67.9 Å². The van der Waals surface area contributed by atoms with Crippen molar-refractivity contribution < 1.29 is 0 Å². The molecule has 11 aromatic rings. The normalized spacial score (nSPS) is 13.1. The second kappa shape index (κ2) is 13.0. The molecule has 0 saturated heterocycles. The van der Waals surface area contributed by atoms with Gasteiger partial charge in [-0.05, 0) is 46.5 Å². The lowest BCUT2D eigenvalue weighted by atomic mass is 9.82. The van der Waals surface area contributed by atoms with Crippen molar-refractivity contribution in [3.05, 3.63) is 175 Å². The number of nitrogens with zero attached hydrogens (tertiary/aromatic N) is 5. The molecule has 4 heterocycles. The molecule has 0 spiro atoms. The second-order valence-corrected chi connectivity index (χ2v) is 17.7. The minimum Gasteiger partial charge on any atom is -0.226 e. The van der Waals surface area contributed by atoms with E-state index in [9.17, 15) is 0 Å². The fourth-order valence-electron chi connectivity index (χ4n) is 8.90. The van der Waals surface area contributed by atoms with E-state index in [4.69, 9.17) is 24.9 Å². The molecular formula is C52H33N5S2. The Kier molecular flexibility index (Phi) is 7.55. The van der Waals surface area contributed by atoms with Crippen molar-refractivity contribution >= 4 is 63.1 Å². The zero-order valence-corrected chi connectivity index (χ0v) is 33.8. The van der Waals surface area contributed by atoms with Crippen LogP contribution in [0.5, 0.6) is 0 Å². The largest absolute Gasteiger partial charge is 0.226 e. The average molecular weight is 792 g/mol. The number of hydrogen-bond acceptors (Lipinski definition) is 7. The predicted molar refractivity (Wildman–Crippen MR) is 246 cm³/mol. The van der Waals surface area contributed by atoms with Crippen LogP contribution in [0.25, 0.3) is 108 Å². The number of benzene rings is 7. The molecule has 0 fully saturated rings. The van der Waals surface area contributed by atoms with E-state index in [1.54, 1.807) is 22.7 Å². The van der Waals surface area contributed by atoms with Crippen LogP contribution >= 0.6 is 22.7 Å². The van der Waals surface area contributed by atoms with E-state index in [-0.39, 0.29) is 5.41 Å². The Morgan fingerprint density at radius 2 is 0.966 bits per heavy atom. The zero-order chi connectivity index (χ0) is 39.2. The van der Waals surface area contributed by atoms with Gasteiger partial charge in [-0.2, -0.15) is 0 Å². The van der Waals surface area contributed by atoms with Crippen molar-refractivity contribution in [2.24, 2.45) is 0 Å². The van der Waals surface area contributed by atoms with Crippen molar-refractivity contribution in [1.82, 2.24) is 24.9 Å². The second-order valence-electron chi connectivity index (χ2n) is 15.6. The lowest BCUT2D eigenvalue weighted by Crippen LogP contribution is -2.14. The first-order chi connectivity index (χ1) is 29.0. The van der Waals surface area contributed by atoms with Gasteiger partial charge in [-0.25, -0.2) is 24.9 Å². The molecule has 278 valence electrons. The minimum absolute atomic E-state index is 0.125. The summed E-state index contributed by atoms with van der Waals surface area (Å²) in [7, 11) is 0. The molecule has 1 aliphatic carbocycles. The first-order valence-corrected chi connectivity index (χ1v) is 21.4. The summed E-state index contributed by atoms with van der Waals surface area (Å²) in [5, 5.41) is 3.38. The molecule has 1 aliphatic rings. The molecular weight excluding hydrogens is 759 g/mol. The summed E-state index contributed by atoms with van der Waals surface area (Å²) < 4.78 is 4.59. The fourth-order valence-corrected chi connectivity index (χ4v) is 11.3. The maximum absolute atomic E-state index is 5.52. The highest BCUT2D eigenvalue weighted by atomic mass is 32.1. The predicted octanol–water partition coefficient (Wildman–Crippen LogP) is 14.0. The van der Waals surface area contributed by atoms with Gasteiger partial charge < -0.3 is 0 Å². The Morgan fingerprint density at radius 1 is 0.390 bits per heavy atom. The number of hydrogen-bond donors (Lipinski definition) is 0. The highest BCUT2D eigenvalue weighted by molar-refractivity contribution is 7.26. The summed E-state index contributed by atoms with van der Waals surface area (Å²) in [4.78, 5) is 26.2. The van der Waals surface area contributed by atoms with Crippen LogP contribution in [0.1, 0.15) is 25.0 Å². The number of rotatable bonds is 5. The molecule has 0 unspecified atom stereocenters. The standard InChI is InChI=1S/C52H33N5S2/c1-52(2)39-24-11-9-19-33(39)34-28-27-32(29-40(34)52)44-47-45(35-20-10-12-25-41(35)58-47)54-51(53-44)38-23-13-21-36-43-37(22-14-26-42(43)59-46(36)38)50-56-48(30-15-5-3-6-16-30)55-49(57-50)31-17-7-4-8-18-31/h3-29H,1-2H3. The van der Waals surface area contributed by atoms with Crippen LogP contribution < -0.4 is 0 Å². The Labute approximate surface area is 348 Å². The van der Waals surface area contributed by atoms with E-state index in [2.05, 4.69) is 117 Å². The van der Waals surface area contributed by atoms with Crippen LogP contribution in [0.3, 0.4) is 0 Å². The van der Waals surface area contributed by atoms with E-state index in [0.717, 1.165) is 75.1 Å². The maximum atomic E-state index is 5.52. The molecule has 7 aromatic carbocycles. The summed E-state index contributed by atoms with van der Waals surface area (Å²) >= 11 is 3.54. The fraction of sp³-hybridized carbons (Fsp3) is 0.0577. The first-order valence-electron chi connectivity index (χ1n) is 19.8. The van der Waals surface area contributed by atoms with Crippen molar-refractivity contribution in [1.29, 1.82) is 0 Å². The van der Waals surface area contributed by atoms with Gasteiger partial charge in [-0.1, -0.05) is 153 Å². The Bertz CT molecular complexity index is 3420. The lowest BCUT2D eigenvalue weighted by molar-refractivity contribution is 0.660. The quantitative estimate of drug-likeness (QED) is 0.174. The van der Waals surface area contributed by atoms with Gasteiger partial charge in [0, 0.05) is 63.5 Å². The monoisotopic (exact) mass is 791 g/mol. The molecule has 59 heavy (non-hydrogen) atoms. The molecule has 0 radical (unpaired) electrons. The summed E-state index contributed by atoms with van der Waals surface area (Å²) in [6, 6.07) is 57.5. The molecule has 12 rings (SSSR count). The number of thiophene rings is 2. The molecule has 0 bridgehead atoms. The van der Waals surface area contributed by atoms with E-state index in [1.807, 2.05) is 60.7 Å². The van der Waals surface area contributed by atoms with Gasteiger partial charge in [0.25, 0.3) is 0 Å². The summed E-state index contributed by atoms with van der Waals surface area (Å²) in [6.07, 6.45) is 0.